The van der Waals surface area contributed by atoms with Gasteiger partial charge in [-0.05, 0) is 25.0 Å². The molecule has 3 nitrogen and oxygen atoms in total. The van der Waals surface area contributed by atoms with E-state index in [1.807, 2.05) is 0 Å². The van der Waals surface area contributed by atoms with Crippen LogP contribution in [0.2, 0.25) is 0 Å². The molecule has 0 spiro atoms. The fraction of sp³-hybridized carbons (Fsp3) is 0.400. The highest BCUT2D eigenvalue weighted by Gasteiger charge is 2.49. The predicted octanol–water partition coefficient (Wildman–Crippen LogP) is 2.06. The van der Waals surface area contributed by atoms with Gasteiger partial charge in [0, 0.05) is 11.1 Å². The van der Waals surface area contributed by atoms with Gasteiger partial charge in [0.05, 0.1) is 5.56 Å². The molecule has 1 aliphatic rings. The molecule has 0 radical (unpaired) electrons. The van der Waals surface area contributed by atoms with Gasteiger partial charge >= 0.3 is 6.18 Å². The summed E-state index contributed by atoms with van der Waals surface area (Å²) in [5.74, 6) is -1.35. The number of rotatable bonds is 1. The van der Waals surface area contributed by atoms with Gasteiger partial charge in [0.15, 0.2) is 11.5 Å². The van der Waals surface area contributed by atoms with Gasteiger partial charge in [-0.15, -0.1) is 0 Å². The van der Waals surface area contributed by atoms with Crippen molar-refractivity contribution in [1.82, 2.24) is 0 Å². The molecule has 0 heterocycles. The van der Waals surface area contributed by atoms with Crippen LogP contribution in [0.15, 0.2) is 12.1 Å². The molecule has 2 rings (SSSR count). The van der Waals surface area contributed by atoms with E-state index in [4.69, 9.17) is 5.73 Å². The molecular weight excluding hydrogens is 223 g/mol. The summed E-state index contributed by atoms with van der Waals surface area (Å²) < 4.78 is 38.0. The van der Waals surface area contributed by atoms with Crippen LogP contribution in [0.25, 0.3) is 0 Å². The Hall–Kier alpha value is -1.43. The molecule has 16 heavy (non-hydrogen) atoms. The van der Waals surface area contributed by atoms with E-state index in [0.717, 1.165) is 12.1 Å². The number of alkyl halides is 3. The maximum absolute atomic E-state index is 12.7. The zero-order valence-corrected chi connectivity index (χ0v) is 8.17. The Kier molecular flexibility index (Phi) is 2.10. The van der Waals surface area contributed by atoms with Crippen molar-refractivity contribution in [2.24, 2.45) is 5.73 Å². The smallest absolute Gasteiger partial charge is 0.416 e. The van der Waals surface area contributed by atoms with Gasteiger partial charge < -0.3 is 15.9 Å². The molecule has 0 aliphatic heterocycles. The third-order valence-corrected chi connectivity index (χ3v) is 2.75. The number of phenols is 2. The van der Waals surface area contributed by atoms with Crippen LogP contribution in [0.4, 0.5) is 13.2 Å². The van der Waals surface area contributed by atoms with E-state index in [-0.39, 0.29) is 0 Å². The van der Waals surface area contributed by atoms with Crippen molar-refractivity contribution in [3.63, 3.8) is 0 Å². The van der Waals surface area contributed by atoms with Crippen LogP contribution in [0.1, 0.15) is 24.0 Å². The molecule has 88 valence electrons. The van der Waals surface area contributed by atoms with Gasteiger partial charge in [-0.2, -0.15) is 13.2 Å². The summed E-state index contributed by atoms with van der Waals surface area (Å²) >= 11 is 0. The van der Waals surface area contributed by atoms with E-state index < -0.39 is 34.3 Å². The zero-order chi connectivity index (χ0) is 12.1. The van der Waals surface area contributed by atoms with E-state index in [2.05, 4.69) is 0 Å². The van der Waals surface area contributed by atoms with Crippen molar-refractivity contribution in [2.45, 2.75) is 24.6 Å². The average molecular weight is 233 g/mol. The Morgan fingerprint density at radius 2 is 1.75 bits per heavy atom. The van der Waals surface area contributed by atoms with Crippen molar-refractivity contribution in [3.8, 4) is 11.5 Å². The fourth-order valence-electron chi connectivity index (χ4n) is 1.71. The highest BCUT2D eigenvalue weighted by molar-refractivity contribution is 5.55. The molecule has 0 saturated heterocycles. The second kappa shape index (κ2) is 3.04. The summed E-state index contributed by atoms with van der Waals surface area (Å²) in [7, 11) is 0. The first-order chi connectivity index (χ1) is 7.26. The number of aromatic hydroxyl groups is 2. The highest BCUT2D eigenvalue weighted by atomic mass is 19.4. The average Bonchev–Trinajstić information content (AvgIpc) is 2.87. The number of nitrogens with two attached hydrogens (primary N) is 1. The first kappa shape index (κ1) is 11.1. The van der Waals surface area contributed by atoms with Gasteiger partial charge in [-0.3, -0.25) is 0 Å². The van der Waals surface area contributed by atoms with Crippen molar-refractivity contribution in [3.05, 3.63) is 23.3 Å². The van der Waals surface area contributed by atoms with Crippen LogP contribution in [0.3, 0.4) is 0 Å². The summed E-state index contributed by atoms with van der Waals surface area (Å²) in [5.41, 5.74) is 3.12. The Morgan fingerprint density at radius 1 is 1.19 bits per heavy atom. The molecule has 0 atom stereocenters. The monoisotopic (exact) mass is 233 g/mol. The molecular formula is C10H10F3NO2. The molecule has 0 unspecified atom stereocenters. The van der Waals surface area contributed by atoms with Gasteiger partial charge in [0.25, 0.3) is 0 Å². The standard InChI is InChI=1S/C10H10F3NO2/c11-10(12,13)5-1-2-6(15)8(16)7(5)9(14)3-4-9/h1-2,15-16H,3-4,14H2. The maximum Gasteiger partial charge on any atom is 0.416 e. The molecule has 1 aliphatic carbocycles. The Bertz CT molecular complexity index is 438. The van der Waals surface area contributed by atoms with Crippen molar-refractivity contribution < 1.29 is 23.4 Å². The molecule has 0 aromatic heterocycles. The molecule has 0 amide bonds. The highest BCUT2D eigenvalue weighted by Crippen LogP contribution is 2.53. The minimum Gasteiger partial charge on any atom is -0.504 e. The van der Waals surface area contributed by atoms with Gasteiger partial charge in [0.1, 0.15) is 0 Å². The van der Waals surface area contributed by atoms with Crippen LogP contribution >= 0.6 is 0 Å². The summed E-state index contributed by atoms with van der Waals surface area (Å²) in [6.45, 7) is 0. The number of phenolic OH excluding ortho intramolecular Hbond substituents is 2. The first-order valence-electron chi connectivity index (χ1n) is 4.67. The lowest BCUT2D eigenvalue weighted by molar-refractivity contribution is -0.138. The van der Waals surface area contributed by atoms with Crippen molar-refractivity contribution >= 4 is 0 Å². The third-order valence-electron chi connectivity index (χ3n) is 2.75. The van der Waals surface area contributed by atoms with E-state index >= 15 is 0 Å². The molecule has 0 bridgehead atoms. The number of hydrogen-bond donors (Lipinski definition) is 3. The molecule has 4 N–H and O–H groups in total. The first-order valence-corrected chi connectivity index (χ1v) is 4.67. The lowest BCUT2D eigenvalue weighted by atomic mass is 9.97. The number of hydrogen-bond acceptors (Lipinski definition) is 3. The molecule has 1 aromatic carbocycles. The Morgan fingerprint density at radius 3 is 2.19 bits per heavy atom. The largest absolute Gasteiger partial charge is 0.504 e. The summed E-state index contributed by atoms with van der Waals surface area (Å²) in [5, 5.41) is 18.7. The van der Waals surface area contributed by atoms with Crippen LogP contribution in [-0.2, 0) is 11.7 Å². The van der Waals surface area contributed by atoms with Gasteiger partial charge in [-0.25, -0.2) is 0 Å². The topological polar surface area (TPSA) is 66.5 Å². The van der Waals surface area contributed by atoms with Gasteiger partial charge in [-0.1, -0.05) is 0 Å². The predicted molar refractivity (Wildman–Crippen MR) is 49.9 cm³/mol. The van der Waals surface area contributed by atoms with Crippen LogP contribution in [0, 0.1) is 0 Å². The number of halogens is 3. The minimum atomic E-state index is -4.59. The molecule has 1 aromatic rings. The van der Waals surface area contributed by atoms with Crippen LogP contribution in [0.5, 0.6) is 11.5 Å². The van der Waals surface area contributed by atoms with E-state index in [1.54, 1.807) is 0 Å². The summed E-state index contributed by atoms with van der Waals surface area (Å²) in [6, 6.07) is 1.55. The summed E-state index contributed by atoms with van der Waals surface area (Å²) in [4.78, 5) is 0. The van der Waals surface area contributed by atoms with Crippen LogP contribution < -0.4 is 5.73 Å². The van der Waals surface area contributed by atoms with Crippen molar-refractivity contribution in [1.29, 1.82) is 0 Å². The van der Waals surface area contributed by atoms with E-state index in [9.17, 15) is 23.4 Å². The second-order valence-corrected chi connectivity index (χ2v) is 4.01. The van der Waals surface area contributed by atoms with Crippen molar-refractivity contribution in [2.75, 3.05) is 0 Å². The van der Waals surface area contributed by atoms with E-state index in [1.165, 1.54) is 0 Å². The van der Waals surface area contributed by atoms with Crippen LogP contribution in [-0.4, -0.2) is 10.2 Å². The lowest BCUT2D eigenvalue weighted by Gasteiger charge is -2.19. The maximum atomic E-state index is 12.7. The molecule has 1 fully saturated rings. The fourth-order valence-corrected chi connectivity index (χ4v) is 1.71. The van der Waals surface area contributed by atoms with E-state index in [0.29, 0.717) is 12.8 Å². The Balaban J connectivity index is 2.66. The lowest BCUT2D eigenvalue weighted by Crippen LogP contribution is -2.24. The summed E-state index contributed by atoms with van der Waals surface area (Å²) in [6.07, 6.45) is -3.85. The quantitative estimate of drug-likeness (QED) is 0.650. The molecule has 1 saturated carbocycles. The SMILES string of the molecule is NC1(c2c(C(F)(F)F)ccc(O)c2O)CC1. The normalized spacial score (nSPS) is 18.5. The van der Waals surface area contributed by atoms with Gasteiger partial charge in [0.2, 0.25) is 0 Å². The third kappa shape index (κ3) is 1.59. The second-order valence-electron chi connectivity index (χ2n) is 4.01. The Labute approximate surface area is 89.3 Å². The number of benzene rings is 1. The minimum absolute atomic E-state index is 0.368. The molecule has 6 heteroatoms. The zero-order valence-electron chi connectivity index (χ0n) is 8.17.